The van der Waals surface area contributed by atoms with Crippen molar-refractivity contribution in [3.8, 4) is 11.3 Å². The molecule has 0 bridgehead atoms. The zero-order chi connectivity index (χ0) is 20.8. The lowest BCUT2D eigenvalue weighted by atomic mass is 10.1. The Labute approximate surface area is 179 Å². The molecule has 2 N–H and O–H groups in total. The van der Waals surface area contributed by atoms with Crippen molar-refractivity contribution in [2.24, 2.45) is 5.10 Å². The molecule has 6 nitrogen and oxygen atoms in total. The first kappa shape index (κ1) is 20.9. The van der Waals surface area contributed by atoms with Crippen molar-refractivity contribution in [1.82, 2.24) is 15.6 Å². The molecule has 0 spiro atoms. The van der Waals surface area contributed by atoms with Gasteiger partial charge in [0.1, 0.15) is 5.69 Å². The molecular formula is C21H21Cl2N5O. The predicted octanol–water partition coefficient (Wildman–Crippen LogP) is 4.99. The number of carbonyl (C=O) groups excluding carboxylic acids is 1. The summed E-state index contributed by atoms with van der Waals surface area (Å²) in [5.41, 5.74) is 6.18. The molecule has 0 atom stereocenters. The standard InChI is InChI=1S/C21H21Cl2N5O/c1-3-28(4-2)16-8-5-14(6-9-16)13-24-27-21(29)20-12-19(25-26-20)15-7-10-17(22)18(23)11-15/h5-13H,3-4H2,1-2H3,(H,25,26)(H,27,29)/b24-13-. The number of amides is 1. The van der Waals surface area contributed by atoms with Crippen LogP contribution in [0.3, 0.4) is 0 Å². The predicted molar refractivity (Wildman–Crippen MR) is 119 cm³/mol. The number of benzene rings is 2. The van der Waals surface area contributed by atoms with E-state index in [-0.39, 0.29) is 5.91 Å². The number of anilines is 1. The second-order valence-corrected chi connectivity index (χ2v) is 7.07. The Kier molecular flexibility index (Phi) is 6.90. The SMILES string of the molecule is CCN(CC)c1ccc(/C=N\NC(=O)c2cc(-c3ccc(Cl)c(Cl)c3)n[nH]2)cc1. The van der Waals surface area contributed by atoms with Gasteiger partial charge < -0.3 is 4.90 Å². The highest BCUT2D eigenvalue weighted by molar-refractivity contribution is 6.42. The Morgan fingerprint density at radius 3 is 2.48 bits per heavy atom. The minimum absolute atomic E-state index is 0.292. The third kappa shape index (κ3) is 5.16. The smallest absolute Gasteiger partial charge is 0.289 e. The monoisotopic (exact) mass is 429 g/mol. The highest BCUT2D eigenvalue weighted by Crippen LogP contribution is 2.27. The number of hydrazone groups is 1. The Morgan fingerprint density at radius 2 is 1.83 bits per heavy atom. The molecule has 29 heavy (non-hydrogen) atoms. The second kappa shape index (κ2) is 9.58. The first-order valence-electron chi connectivity index (χ1n) is 9.21. The van der Waals surface area contributed by atoms with E-state index in [4.69, 9.17) is 23.2 Å². The zero-order valence-corrected chi connectivity index (χ0v) is 17.6. The van der Waals surface area contributed by atoms with Gasteiger partial charge in [-0.2, -0.15) is 10.2 Å². The maximum Gasteiger partial charge on any atom is 0.289 e. The van der Waals surface area contributed by atoms with Gasteiger partial charge in [-0.05, 0) is 49.7 Å². The minimum Gasteiger partial charge on any atom is -0.372 e. The van der Waals surface area contributed by atoms with Crippen LogP contribution in [0.1, 0.15) is 29.9 Å². The fourth-order valence-corrected chi connectivity index (χ4v) is 3.13. The Bertz CT molecular complexity index is 1010. The van der Waals surface area contributed by atoms with Gasteiger partial charge in [0.25, 0.3) is 5.91 Å². The molecule has 0 saturated heterocycles. The van der Waals surface area contributed by atoms with E-state index in [1.54, 1.807) is 30.5 Å². The summed E-state index contributed by atoms with van der Waals surface area (Å²) in [5.74, 6) is -0.389. The van der Waals surface area contributed by atoms with E-state index in [1.165, 1.54) is 0 Å². The molecule has 2 aromatic carbocycles. The lowest BCUT2D eigenvalue weighted by Gasteiger charge is -2.20. The van der Waals surface area contributed by atoms with Crippen molar-refractivity contribution in [2.45, 2.75) is 13.8 Å². The number of H-pyrrole nitrogens is 1. The highest BCUT2D eigenvalue weighted by atomic mass is 35.5. The molecule has 3 rings (SSSR count). The average molecular weight is 430 g/mol. The summed E-state index contributed by atoms with van der Waals surface area (Å²) in [6.45, 7) is 6.15. The maximum atomic E-state index is 12.3. The number of aromatic amines is 1. The van der Waals surface area contributed by atoms with Crippen molar-refractivity contribution in [3.05, 3.63) is 69.8 Å². The minimum atomic E-state index is -0.389. The summed E-state index contributed by atoms with van der Waals surface area (Å²) in [5, 5.41) is 11.7. The first-order valence-corrected chi connectivity index (χ1v) is 9.96. The number of hydrogen-bond acceptors (Lipinski definition) is 4. The number of hydrogen-bond donors (Lipinski definition) is 2. The van der Waals surface area contributed by atoms with Gasteiger partial charge in [-0.3, -0.25) is 9.89 Å². The third-order valence-electron chi connectivity index (χ3n) is 4.44. The number of rotatable bonds is 7. The van der Waals surface area contributed by atoms with E-state index in [2.05, 4.69) is 39.5 Å². The van der Waals surface area contributed by atoms with Gasteiger partial charge >= 0.3 is 0 Å². The van der Waals surface area contributed by atoms with Crippen LogP contribution in [0.5, 0.6) is 0 Å². The fraction of sp³-hybridized carbons (Fsp3) is 0.190. The lowest BCUT2D eigenvalue weighted by Crippen LogP contribution is -2.21. The fourth-order valence-electron chi connectivity index (χ4n) is 2.83. The molecule has 150 valence electrons. The van der Waals surface area contributed by atoms with E-state index in [1.807, 2.05) is 24.3 Å². The van der Waals surface area contributed by atoms with Gasteiger partial charge in [-0.15, -0.1) is 0 Å². The van der Waals surface area contributed by atoms with Gasteiger partial charge in [0, 0.05) is 24.3 Å². The molecule has 1 aromatic heterocycles. The Balaban J connectivity index is 1.62. The van der Waals surface area contributed by atoms with Crippen molar-refractivity contribution in [2.75, 3.05) is 18.0 Å². The summed E-state index contributed by atoms with van der Waals surface area (Å²) in [7, 11) is 0. The van der Waals surface area contributed by atoms with Crippen LogP contribution in [0.4, 0.5) is 5.69 Å². The molecular weight excluding hydrogens is 409 g/mol. The van der Waals surface area contributed by atoms with Crippen molar-refractivity contribution in [1.29, 1.82) is 0 Å². The molecule has 0 saturated carbocycles. The summed E-state index contributed by atoms with van der Waals surface area (Å²) < 4.78 is 0. The summed E-state index contributed by atoms with van der Waals surface area (Å²) in [4.78, 5) is 14.5. The van der Waals surface area contributed by atoms with Crippen LogP contribution in [0.25, 0.3) is 11.3 Å². The number of nitrogens with one attached hydrogen (secondary N) is 2. The molecule has 0 radical (unpaired) electrons. The average Bonchev–Trinajstić information content (AvgIpc) is 3.22. The van der Waals surface area contributed by atoms with Crippen LogP contribution >= 0.6 is 23.2 Å². The summed E-state index contributed by atoms with van der Waals surface area (Å²) >= 11 is 12.0. The lowest BCUT2D eigenvalue weighted by molar-refractivity contribution is 0.0950. The maximum absolute atomic E-state index is 12.3. The summed E-state index contributed by atoms with van der Waals surface area (Å²) in [6, 6.07) is 14.8. The van der Waals surface area contributed by atoms with Crippen LogP contribution in [-0.2, 0) is 0 Å². The molecule has 0 unspecified atom stereocenters. The van der Waals surface area contributed by atoms with Crippen molar-refractivity contribution >= 4 is 41.0 Å². The zero-order valence-electron chi connectivity index (χ0n) is 16.1. The largest absolute Gasteiger partial charge is 0.372 e. The number of nitrogens with zero attached hydrogens (tertiary/aromatic N) is 3. The van der Waals surface area contributed by atoms with Crippen LogP contribution in [0, 0.1) is 0 Å². The molecule has 0 aliphatic rings. The molecule has 0 aliphatic carbocycles. The Hall–Kier alpha value is -2.83. The van der Waals surface area contributed by atoms with Crippen LogP contribution in [-0.4, -0.2) is 35.4 Å². The molecule has 0 aliphatic heterocycles. The van der Waals surface area contributed by atoms with Gasteiger partial charge in [0.15, 0.2) is 0 Å². The second-order valence-electron chi connectivity index (χ2n) is 6.26. The van der Waals surface area contributed by atoms with Gasteiger partial charge in [-0.25, -0.2) is 5.43 Å². The van der Waals surface area contributed by atoms with Crippen LogP contribution < -0.4 is 10.3 Å². The topological polar surface area (TPSA) is 73.4 Å². The van der Waals surface area contributed by atoms with Crippen LogP contribution in [0.2, 0.25) is 10.0 Å². The van der Waals surface area contributed by atoms with Crippen LogP contribution in [0.15, 0.2) is 53.6 Å². The van der Waals surface area contributed by atoms with E-state index in [9.17, 15) is 4.79 Å². The van der Waals surface area contributed by atoms with E-state index < -0.39 is 0 Å². The van der Waals surface area contributed by atoms with Crippen molar-refractivity contribution in [3.63, 3.8) is 0 Å². The molecule has 1 amide bonds. The number of aromatic nitrogens is 2. The first-order chi connectivity index (χ1) is 14.0. The van der Waals surface area contributed by atoms with Gasteiger partial charge in [-0.1, -0.05) is 41.4 Å². The van der Waals surface area contributed by atoms with E-state index in [0.717, 1.165) is 29.9 Å². The normalized spacial score (nSPS) is 11.0. The van der Waals surface area contributed by atoms with Gasteiger partial charge in [0.05, 0.1) is 22.0 Å². The van der Waals surface area contributed by atoms with E-state index in [0.29, 0.717) is 21.4 Å². The molecule has 3 aromatic rings. The number of halogens is 2. The van der Waals surface area contributed by atoms with E-state index >= 15 is 0 Å². The highest BCUT2D eigenvalue weighted by Gasteiger charge is 2.11. The molecule has 0 fully saturated rings. The third-order valence-corrected chi connectivity index (χ3v) is 5.18. The summed E-state index contributed by atoms with van der Waals surface area (Å²) in [6.07, 6.45) is 1.60. The molecule has 1 heterocycles. The van der Waals surface area contributed by atoms with Gasteiger partial charge in [0.2, 0.25) is 0 Å². The quantitative estimate of drug-likeness (QED) is 0.410. The molecule has 8 heteroatoms. The van der Waals surface area contributed by atoms with Crippen molar-refractivity contribution < 1.29 is 4.79 Å². The Morgan fingerprint density at radius 1 is 1.10 bits per heavy atom. The number of carbonyl (C=O) groups is 1.